The monoisotopic (exact) mass is 388 g/mol. The Morgan fingerprint density at radius 1 is 1.07 bits per heavy atom. The molecule has 1 amide bonds. The van der Waals surface area contributed by atoms with E-state index in [1.54, 1.807) is 38.1 Å². The molecule has 0 spiro atoms. The Hall–Kier alpha value is -2.91. The van der Waals surface area contributed by atoms with Crippen molar-refractivity contribution in [2.45, 2.75) is 18.7 Å². The van der Waals surface area contributed by atoms with Gasteiger partial charge in [0, 0.05) is 18.7 Å². The average molecular weight is 388 g/mol. The van der Waals surface area contributed by atoms with E-state index >= 15 is 0 Å². The molecule has 0 aliphatic rings. The van der Waals surface area contributed by atoms with Crippen LogP contribution in [0.1, 0.15) is 24.2 Å². The van der Waals surface area contributed by atoms with Gasteiger partial charge < -0.3 is 4.98 Å². The molecule has 0 atom stereocenters. The lowest BCUT2D eigenvalue weighted by molar-refractivity contribution is 0.101. The Bertz CT molecular complexity index is 1130. The van der Waals surface area contributed by atoms with Crippen LogP contribution in [-0.4, -0.2) is 41.4 Å². The number of H-pyrrole nitrogens is 1. The van der Waals surface area contributed by atoms with Crippen molar-refractivity contribution in [3.63, 3.8) is 0 Å². The van der Waals surface area contributed by atoms with Crippen LogP contribution < -0.4 is 11.1 Å². The zero-order chi connectivity index (χ0) is 19.6. The van der Waals surface area contributed by atoms with E-state index in [9.17, 15) is 18.0 Å². The molecule has 1 heterocycles. The largest absolute Gasteiger partial charge is 0.345 e. The fraction of sp³-hybridized carbons (Fsp3) is 0.222. The molecule has 0 radical (unpaired) electrons. The molecule has 142 valence electrons. The van der Waals surface area contributed by atoms with Crippen LogP contribution in [0.15, 0.2) is 58.2 Å². The Morgan fingerprint density at radius 2 is 1.70 bits per heavy atom. The van der Waals surface area contributed by atoms with E-state index in [2.05, 4.69) is 10.4 Å². The fourth-order valence-corrected chi connectivity index (χ4v) is 4.28. The Morgan fingerprint density at radius 3 is 2.33 bits per heavy atom. The molecule has 0 aliphatic heterocycles. The lowest BCUT2D eigenvalue weighted by Crippen LogP contribution is -2.32. The number of sulfonamides is 1. The number of imidazole rings is 1. The quantitative estimate of drug-likeness (QED) is 0.671. The number of nitrogens with one attached hydrogen (secondary N) is 2. The van der Waals surface area contributed by atoms with Gasteiger partial charge >= 0.3 is 5.69 Å². The fourth-order valence-electron chi connectivity index (χ4n) is 2.82. The van der Waals surface area contributed by atoms with E-state index in [0.29, 0.717) is 24.1 Å². The van der Waals surface area contributed by atoms with Crippen LogP contribution in [0.25, 0.3) is 11.0 Å². The Balaban J connectivity index is 1.86. The second-order valence-corrected chi connectivity index (χ2v) is 7.78. The van der Waals surface area contributed by atoms with Crippen LogP contribution in [0.3, 0.4) is 0 Å². The van der Waals surface area contributed by atoms with Crippen LogP contribution in [0.4, 0.5) is 0 Å². The predicted molar refractivity (Wildman–Crippen MR) is 103 cm³/mol. The van der Waals surface area contributed by atoms with Crippen molar-refractivity contribution < 1.29 is 13.2 Å². The van der Waals surface area contributed by atoms with Crippen LogP contribution >= 0.6 is 0 Å². The first-order chi connectivity index (χ1) is 12.9. The zero-order valence-corrected chi connectivity index (χ0v) is 15.8. The lowest BCUT2D eigenvalue weighted by atomic mass is 10.2. The number of rotatable bonds is 6. The van der Waals surface area contributed by atoms with Gasteiger partial charge in [-0.1, -0.05) is 26.0 Å². The van der Waals surface area contributed by atoms with E-state index in [0.717, 1.165) is 4.68 Å². The highest BCUT2D eigenvalue weighted by Gasteiger charge is 2.21. The maximum absolute atomic E-state index is 12.5. The Kier molecular flexibility index (Phi) is 5.15. The van der Waals surface area contributed by atoms with Crippen LogP contribution in [0.2, 0.25) is 0 Å². The van der Waals surface area contributed by atoms with E-state index in [1.165, 1.54) is 28.6 Å². The minimum absolute atomic E-state index is 0.118. The van der Waals surface area contributed by atoms with Crippen molar-refractivity contribution in [2.24, 2.45) is 0 Å². The molecule has 27 heavy (non-hydrogen) atoms. The summed E-state index contributed by atoms with van der Waals surface area (Å²) in [5.41, 5.74) is 3.44. The van der Waals surface area contributed by atoms with Crippen molar-refractivity contribution in [2.75, 3.05) is 18.5 Å². The normalized spacial score (nSPS) is 11.8. The number of carbonyl (C=O) groups is 1. The van der Waals surface area contributed by atoms with E-state index in [1.807, 2.05) is 0 Å². The lowest BCUT2D eigenvalue weighted by Gasteiger charge is -2.18. The number of aromatic nitrogens is 2. The number of hydrogen-bond donors (Lipinski definition) is 2. The number of nitrogens with zero attached hydrogens (tertiary/aromatic N) is 2. The van der Waals surface area contributed by atoms with Gasteiger partial charge in [-0.15, -0.1) is 0 Å². The van der Waals surface area contributed by atoms with Gasteiger partial charge in [-0.2, -0.15) is 4.31 Å². The Labute approximate surface area is 156 Å². The molecule has 9 heteroatoms. The van der Waals surface area contributed by atoms with Crippen molar-refractivity contribution >= 4 is 27.0 Å². The second kappa shape index (κ2) is 7.37. The molecule has 1 aromatic heterocycles. The van der Waals surface area contributed by atoms with Crippen LogP contribution in [0.5, 0.6) is 0 Å². The highest BCUT2D eigenvalue weighted by molar-refractivity contribution is 7.89. The molecular formula is C18H20N4O4S. The summed E-state index contributed by atoms with van der Waals surface area (Å²) < 4.78 is 27.5. The average Bonchev–Trinajstić information content (AvgIpc) is 2.98. The second-order valence-electron chi connectivity index (χ2n) is 5.84. The first-order valence-electron chi connectivity index (χ1n) is 8.49. The first-order valence-corrected chi connectivity index (χ1v) is 9.93. The zero-order valence-electron chi connectivity index (χ0n) is 15.0. The van der Waals surface area contributed by atoms with Crippen LogP contribution in [-0.2, 0) is 10.0 Å². The molecule has 2 aromatic carbocycles. The van der Waals surface area contributed by atoms with Gasteiger partial charge in [0.05, 0.1) is 15.9 Å². The highest BCUT2D eigenvalue weighted by Crippen LogP contribution is 2.16. The van der Waals surface area contributed by atoms with Gasteiger partial charge in [-0.25, -0.2) is 17.9 Å². The van der Waals surface area contributed by atoms with Crippen molar-refractivity contribution in [1.82, 2.24) is 14.0 Å². The number of fused-ring (bicyclic) bond motifs is 1. The molecule has 0 saturated heterocycles. The minimum Gasteiger partial charge on any atom is -0.304 e. The molecular weight excluding hydrogens is 368 g/mol. The number of benzene rings is 2. The third-order valence-electron chi connectivity index (χ3n) is 4.26. The molecule has 0 unspecified atom stereocenters. The van der Waals surface area contributed by atoms with Crippen LogP contribution in [0, 0.1) is 0 Å². The highest BCUT2D eigenvalue weighted by atomic mass is 32.2. The molecule has 2 N–H and O–H groups in total. The maximum atomic E-state index is 12.5. The van der Waals surface area contributed by atoms with E-state index < -0.39 is 21.6 Å². The predicted octanol–water partition coefficient (Wildman–Crippen LogP) is 1.74. The van der Waals surface area contributed by atoms with Gasteiger partial charge in [0.25, 0.3) is 5.91 Å². The van der Waals surface area contributed by atoms with Gasteiger partial charge in [-0.3, -0.25) is 10.2 Å². The third kappa shape index (κ3) is 3.51. The van der Waals surface area contributed by atoms with Crippen molar-refractivity contribution in [3.8, 4) is 0 Å². The van der Waals surface area contributed by atoms with Gasteiger partial charge in [-0.05, 0) is 36.4 Å². The number of para-hydroxylation sites is 2. The summed E-state index contributed by atoms with van der Waals surface area (Å²) in [5.74, 6) is -0.520. The molecule has 3 aromatic rings. The van der Waals surface area contributed by atoms with Gasteiger partial charge in [0.2, 0.25) is 10.0 Å². The van der Waals surface area contributed by atoms with Crippen molar-refractivity contribution in [3.05, 3.63) is 64.6 Å². The number of carbonyl (C=O) groups excluding carboxylic acids is 1. The number of aromatic amines is 1. The smallest absolute Gasteiger partial charge is 0.304 e. The molecule has 0 fully saturated rings. The topological polar surface area (TPSA) is 104 Å². The summed E-state index contributed by atoms with van der Waals surface area (Å²) in [6.45, 7) is 4.26. The summed E-state index contributed by atoms with van der Waals surface area (Å²) in [7, 11) is -3.59. The minimum atomic E-state index is -3.59. The molecule has 0 saturated carbocycles. The summed E-state index contributed by atoms with van der Waals surface area (Å²) in [6.07, 6.45) is 0. The first kappa shape index (κ1) is 18.9. The molecule has 3 rings (SSSR count). The summed E-state index contributed by atoms with van der Waals surface area (Å²) in [6, 6.07) is 12.6. The molecule has 8 nitrogen and oxygen atoms in total. The maximum Gasteiger partial charge on any atom is 0.345 e. The third-order valence-corrected chi connectivity index (χ3v) is 6.33. The molecule has 0 bridgehead atoms. The summed E-state index contributed by atoms with van der Waals surface area (Å²) in [4.78, 5) is 27.3. The van der Waals surface area contributed by atoms with Gasteiger partial charge in [0.15, 0.2) is 0 Å². The standard InChI is InChI=1S/C18H20N4O4S/c1-3-21(4-2)27(25,26)14-11-9-13(10-12-14)17(23)20-22-16-8-6-5-7-15(16)19-18(22)24/h5-12H,3-4H2,1-2H3,(H,19,24)(H,20,23). The SMILES string of the molecule is CCN(CC)S(=O)(=O)c1ccc(C(=O)Nn2c(=O)[nH]c3ccccc32)cc1. The summed E-state index contributed by atoms with van der Waals surface area (Å²) >= 11 is 0. The van der Waals surface area contributed by atoms with Crippen molar-refractivity contribution in [1.29, 1.82) is 0 Å². The summed E-state index contributed by atoms with van der Waals surface area (Å²) in [5, 5.41) is 0. The number of amides is 1. The molecule has 0 aliphatic carbocycles. The van der Waals surface area contributed by atoms with E-state index in [4.69, 9.17) is 0 Å². The van der Waals surface area contributed by atoms with Gasteiger partial charge in [0.1, 0.15) is 0 Å². The van der Waals surface area contributed by atoms with E-state index in [-0.39, 0.29) is 10.5 Å². The number of hydrogen-bond acceptors (Lipinski definition) is 4.